The number of imide groups is 1. The molecule has 1 atom stereocenters. The number of hydrogen-bond acceptors (Lipinski definition) is 4. The van der Waals surface area contributed by atoms with Crippen LogP contribution in [0.15, 0.2) is 48.5 Å². The van der Waals surface area contributed by atoms with E-state index in [4.69, 9.17) is 0 Å². The largest absolute Gasteiger partial charge is 0.384 e. The van der Waals surface area contributed by atoms with Crippen LogP contribution in [0.3, 0.4) is 0 Å². The van der Waals surface area contributed by atoms with Crippen molar-refractivity contribution in [2.45, 2.75) is 12.5 Å². The second-order valence-electron chi connectivity index (χ2n) is 6.30. The molecule has 3 amide bonds. The van der Waals surface area contributed by atoms with Crippen molar-refractivity contribution < 1.29 is 23.9 Å². The second-order valence-corrected chi connectivity index (χ2v) is 6.30. The zero-order chi connectivity index (χ0) is 18.9. The number of halogens is 1. The average Bonchev–Trinajstić information content (AvgIpc) is 2.86. The van der Waals surface area contributed by atoms with Gasteiger partial charge in [0.25, 0.3) is 11.8 Å². The molecule has 0 bridgehead atoms. The van der Waals surface area contributed by atoms with Crippen LogP contribution in [0.5, 0.6) is 0 Å². The fraction of sp³-hybridized carbons (Fsp3) is 0.211. The zero-order valence-electron chi connectivity index (χ0n) is 14.0. The zero-order valence-corrected chi connectivity index (χ0v) is 14.0. The lowest BCUT2D eigenvalue weighted by molar-refractivity contribution is -0.122. The van der Waals surface area contributed by atoms with E-state index in [9.17, 15) is 23.9 Å². The van der Waals surface area contributed by atoms with Gasteiger partial charge in [-0.25, -0.2) is 4.39 Å². The highest BCUT2D eigenvalue weighted by molar-refractivity contribution is 6.22. The molecule has 3 rings (SSSR count). The number of carbonyl (C=O) groups is 3. The van der Waals surface area contributed by atoms with Crippen molar-refractivity contribution >= 4 is 17.7 Å². The quantitative estimate of drug-likeness (QED) is 0.794. The summed E-state index contributed by atoms with van der Waals surface area (Å²) in [6, 6.07) is 11.6. The normalized spacial score (nSPS) is 15.6. The minimum absolute atomic E-state index is 0.152. The van der Waals surface area contributed by atoms with Crippen LogP contribution in [0, 0.1) is 5.82 Å². The van der Waals surface area contributed by atoms with Crippen molar-refractivity contribution in [2.24, 2.45) is 0 Å². The molecule has 0 spiro atoms. The van der Waals surface area contributed by atoms with Gasteiger partial charge in [-0.3, -0.25) is 19.3 Å². The van der Waals surface area contributed by atoms with Gasteiger partial charge in [-0.05, 0) is 36.8 Å². The summed E-state index contributed by atoms with van der Waals surface area (Å²) in [4.78, 5) is 37.5. The molecule has 0 aromatic heterocycles. The lowest BCUT2D eigenvalue weighted by Crippen LogP contribution is -2.44. The van der Waals surface area contributed by atoms with E-state index in [1.165, 1.54) is 43.3 Å². The first-order valence-electron chi connectivity index (χ1n) is 8.00. The summed E-state index contributed by atoms with van der Waals surface area (Å²) in [5.41, 5.74) is -0.460. The summed E-state index contributed by atoms with van der Waals surface area (Å²) in [7, 11) is 0. The molecule has 1 aliphatic rings. The Bertz CT molecular complexity index is 842. The predicted octanol–water partition coefficient (Wildman–Crippen LogP) is 1.45. The molecule has 6 nitrogen and oxygen atoms in total. The van der Waals surface area contributed by atoms with Crippen LogP contribution in [0.2, 0.25) is 0 Å². The van der Waals surface area contributed by atoms with Gasteiger partial charge in [0.05, 0.1) is 17.7 Å². The van der Waals surface area contributed by atoms with Gasteiger partial charge >= 0.3 is 0 Å². The average molecular weight is 356 g/mol. The Hall–Kier alpha value is -3.06. The number of fused-ring (bicyclic) bond motifs is 1. The number of hydrogen-bond donors (Lipinski definition) is 2. The van der Waals surface area contributed by atoms with Crippen LogP contribution < -0.4 is 5.32 Å². The SMILES string of the molecule is CC(O)(CNC(=O)CN1C(=O)c2ccccc2C1=O)c1ccc(F)cc1. The van der Waals surface area contributed by atoms with E-state index in [0.717, 1.165) is 4.90 Å². The highest BCUT2D eigenvalue weighted by atomic mass is 19.1. The Balaban J connectivity index is 1.62. The summed E-state index contributed by atoms with van der Waals surface area (Å²) >= 11 is 0. The molecule has 2 aromatic rings. The molecular formula is C19H17FN2O4. The molecule has 7 heteroatoms. The van der Waals surface area contributed by atoms with Gasteiger partial charge in [0.2, 0.25) is 5.91 Å². The minimum Gasteiger partial charge on any atom is -0.384 e. The molecule has 1 unspecified atom stereocenters. The summed E-state index contributed by atoms with van der Waals surface area (Å²) in [6.07, 6.45) is 0. The molecule has 0 saturated heterocycles. The van der Waals surface area contributed by atoms with E-state index in [0.29, 0.717) is 5.56 Å². The highest BCUT2D eigenvalue weighted by Gasteiger charge is 2.36. The maximum Gasteiger partial charge on any atom is 0.262 e. The van der Waals surface area contributed by atoms with E-state index in [2.05, 4.69) is 5.32 Å². The number of nitrogens with one attached hydrogen (secondary N) is 1. The molecule has 26 heavy (non-hydrogen) atoms. The Labute approximate surface area is 149 Å². The Kier molecular flexibility index (Phi) is 4.56. The Morgan fingerprint density at radius 2 is 1.62 bits per heavy atom. The third-order valence-electron chi connectivity index (χ3n) is 4.28. The number of carbonyl (C=O) groups excluding carboxylic acids is 3. The molecule has 0 radical (unpaired) electrons. The topological polar surface area (TPSA) is 86.7 Å². The Morgan fingerprint density at radius 3 is 2.15 bits per heavy atom. The molecule has 0 saturated carbocycles. The van der Waals surface area contributed by atoms with Crippen molar-refractivity contribution in [3.63, 3.8) is 0 Å². The third kappa shape index (κ3) is 3.34. The maximum atomic E-state index is 13.0. The number of amides is 3. The van der Waals surface area contributed by atoms with Gasteiger partial charge in [0, 0.05) is 0 Å². The fourth-order valence-corrected chi connectivity index (χ4v) is 2.76. The standard InChI is InChI=1S/C19H17FN2O4/c1-19(26,12-6-8-13(20)9-7-12)11-21-16(23)10-22-17(24)14-4-2-3-5-15(14)18(22)25/h2-9,26H,10-11H2,1H3,(H,21,23). The van der Waals surface area contributed by atoms with E-state index < -0.39 is 35.7 Å². The first kappa shape index (κ1) is 17.8. The third-order valence-corrected chi connectivity index (χ3v) is 4.28. The molecule has 1 aliphatic heterocycles. The molecule has 0 aliphatic carbocycles. The fourth-order valence-electron chi connectivity index (χ4n) is 2.76. The number of rotatable bonds is 5. The van der Waals surface area contributed by atoms with Gasteiger partial charge < -0.3 is 10.4 Å². The number of nitrogens with zero attached hydrogens (tertiary/aromatic N) is 1. The van der Waals surface area contributed by atoms with E-state index in [1.807, 2.05) is 0 Å². The second kappa shape index (κ2) is 6.68. The van der Waals surface area contributed by atoms with Gasteiger partial charge in [0.15, 0.2) is 0 Å². The molecule has 1 heterocycles. The van der Waals surface area contributed by atoms with Crippen molar-refractivity contribution in [1.82, 2.24) is 10.2 Å². The van der Waals surface area contributed by atoms with Crippen molar-refractivity contribution in [3.05, 3.63) is 71.0 Å². The van der Waals surface area contributed by atoms with E-state index in [1.54, 1.807) is 12.1 Å². The molecule has 0 fully saturated rings. The van der Waals surface area contributed by atoms with Crippen LogP contribution in [-0.2, 0) is 10.4 Å². The monoisotopic (exact) mass is 356 g/mol. The van der Waals surface area contributed by atoms with Crippen LogP contribution in [0.1, 0.15) is 33.2 Å². The van der Waals surface area contributed by atoms with E-state index in [-0.39, 0.29) is 17.7 Å². The van der Waals surface area contributed by atoms with Crippen LogP contribution in [-0.4, -0.2) is 40.8 Å². The van der Waals surface area contributed by atoms with Crippen LogP contribution in [0.25, 0.3) is 0 Å². The highest BCUT2D eigenvalue weighted by Crippen LogP contribution is 2.22. The summed E-state index contributed by atoms with van der Waals surface area (Å²) in [5.74, 6) is -2.06. The number of benzene rings is 2. The van der Waals surface area contributed by atoms with Gasteiger partial charge in [0.1, 0.15) is 18.0 Å². The molecular weight excluding hydrogens is 339 g/mol. The summed E-state index contributed by atoms with van der Waals surface area (Å²) in [5, 5.41) is 12.9. The first-order chi connectivity index (χ1) is 12.3. The molecule has 2 N–H and O–H groups in total. The van der Waals surface area contributed by atoms with Crippen molar-refractivity contribution in [1.29, 1.82) is 0 Å². The van der Waals surface area contributed by atoms with Gasteiger partial charge in [-0.2, -0.15) is 0 Å². The molecule has 134 valence electrons. The van der Waals surface area contributed by atoms with E-state index >= 15 is 0 Å². The minimum atomic E-state index is -1.43. The predicted molar refractivity (Wildman–Crippen MR) is 90.8 cm³/mol. The van der Waals surface area contributed by atoms with Crippen LogP contribution >= 0.6 is 0 Å². The maximum absolute atomic E-state index is 13.0. The van der Waals surface area contributed by atoms with Crippen molar-refractivity contribution in [3.8, 4) is 0 Å². The molecule has 2 aromatic carbocycles. The smallest absolute Gasteiger partial charge is 0.262 e. The van der Waals surface area contributed by atoms with Gasteiger partial charge in [-0.1, -0.05) is 24.3 Å². The summed E-state index contributed by atoms with van der Waals surface area (Å²) in [6.45, 7) is 0.884. The summed E-state index contributed by atoms with van der Waals surface area (Å²) < 4.78 is 13.0. The first-order valence-corrected chi connectivity index (χ1v) is 8.00. The van der Waals surface area contributed by atoms with Crippen molar-refractivity contribution in [2.75, 3.05) is 13.1 Å². The van der Waals surface area contributed by atoms with Crippen LogP contribution in [0.4, 0.5) is 4.39 Å². The van der Waals surface area contributed by atoms with Gasteiger partial charge in [-0.15, -0.1) is 0 Å². The number of aliphatic hydroxyl groups is 1. The lowest BCUT2D eigenvalue weighted by atomic mass is 9.96. The Morgan fingerprint density at radius 1 is 1.08 bits per heavy atom. The lowest BCUT2D eigenvalue weighted by Gasteiger charge is -2.24.